The molecule has 0 bridgehead atoms. The molecule has 0 aliphatic heterocycles. The molecule has 5 heteroatoms. The molecule has 2 aromatic rings. The van der Waals surface area contributed by atoms with Crippen molar-refractivity contribution in [3.63, 3.8) is 0 Å². The van der Waals surface area contributed by atoms with Gasteiger partial charge in [-0.2, -0.15) is 0 Å². The van der Waals surface area contributed by atoms with Crippen molar-refractivity contribution in [2.45, 2.75) is 0 Å². The van der Waals surface area contributed by atoms with Gasteiger partial charge in [0.2, 0.25) is 0 Å². The van der Waals surface area contributed by atoms with Crippen molar-refractivity contribution in [3.05, 3.63) is 45.0 Å². The fraction of sp³-hybridized carbons (Fsp3) is 0. The SMILES string of the molecule is Cl.Nc1ccc(-c2cc(I)c(N)cc2Cl)cc1. The van der Waals surface area contributed by atoms with Crippen LogP contribution in [0.3, 0.4) is 0 Å². The van der Waals surface area contributed by atoms with Gasteiger partial charge in [-0.1, -0.05) is 23.7 Å². The molecule has 0 atom stereocenters. The predicted molar refractivity (Wildman–Crippen MR) is 85.7 cm³/mol. The summed E-state index contributed by atoms with van der Waals surface area (Å²) in [5, 5.41) is 0.655. The largest absolute Gasteiger partial charge is 0.399 e. The van der Waals surface area contributed by atoms with Gasteiger partial charge in [0, 0.05) is 20.5 Å². The Bertz CT molecular complexity index is 527. The molecule has 0 saturated heterocycles. The first-order chi connectivity index (χ1) is 7.58. The highest BCUT2D eigenvalue weighted by Crippen LogP contribution is 2.32. The van der Waals surface area contributed by atoms with Gasteiger partial charge in [-0.25, -0.2) is 0 Å². The van der Waals surface area contributed by atoms with Crippen LogP contribution in [0.4, 0.5) is 11.4 Å². The Labute approximate surface area is 125 Å². The van der Waals surface area contributed by atoms with Crippen LogP contribution in [0.1, 0.15) is 0 Å². The van der Waals surface area contributed by atoms with Crippen molar-refractivity contribution in [2.24, 2.45) is 0 Å². The molecule has 0 unspecified atom stereocenters. The quantitative estimate of drug-likeness (QED) is 0.575. The van der Waals surface area contributed by atoms with Crippen molar-refractivity contribution >= 4 is 58.0 Å². The lowest BCUT2D eigenvalue weighted by atomic mass is 10.1. The normalized spacial score (nSPS) is 9.76. The van der Waals surface area contributed by atoms with E-state index in [1.165, 1.54) is 0 Å². The van der Waals surface area contributed by atoms with Crippen LogP contribution in [-0.4, -0.2) is 0 Å². The molecule has 0 fully saturated rings. The van der Waals surface area contributed by atoms with Gasteiger partial charge in [-0.05, 0) is 52.4 Å². The zero-order chi connectivity index (χ0) is 11.7. The predicted octanol–water partition coefficient (Wildman–Crippen LogP) is 4.20. The van der Waals surface area contributed by atoms with Gasteiger partial charge in [0.05, 0.1) is 5.02 Å². The lowest BCUT2D eigenvalue weighted by Crippen LogP contribution is -1.91. The van der Waals surface area contributed by atoms with Gasteiger partial charge in [0.15, 0.2) is 0 Å². The zero-order valence-electron chi connectivity index (χ0n) is 8.78. The van der Waals surface area contributed by atoms with E-state index in [0.29, 0.717) is 10.7 Å². The maximum atomic E-state index is 6.16. The van der Waals surface area contributed by atoms with Crippen molar-refractivity contribution < 1.29 is 0 Å². The first kappa shape index (κ1) is 14.4. The van der Waals surface area contributed by atoms with E-state index in [0.717, 1.165) is 20.4 Å². The van der Waals surface area contributed by atoms with Gasteiger partial charge >= 0.3 is 0 Å². The Morgan fingerprint density at radius 2 is 1.59 bits per heavy atom. The first-order valence-electron chi connectivity index (χ1n) is 4.68. The number of nitrogen functional groups attached to an aromatic ring is 2. The van der Waals surface area contributed by atoms with Crippen LogP contribution in [-0.2, 0) is 0 Å². The number of hydrogen-bond acceptors (Lipinski definition) is 2. The maximum absolute atomic E-state index is 6.16. The summed E-state index contributed by atoms with van der Waals surface area (Å²) in [6.07, 6.45) is 0. The van der Waals surface area contributed by atoms with E-state index in [-0.39, 0.29) is 12.4 Å². The average molecular weight is 381 g/mol. The van der Waals surface area contributed by atoms with E-state index < -0.39 is 0 Å². The Morgan fingerprint density at radius 3 is 2.18 bits per heavy atom. The lowest BCUT2D eigenvalue weighted by molar-refractivity contribution is 1.58. The molecule has 0 aromatic heterocycles. The molecule has 0 aliphatic carbocycles. The average Bonchev–Trinajstić information content (AvgIpc) is 2.25. The van der Waals surface area contributed by atoms with Gasteiger partial charge in [0.25, 0.3) is 0 Å². The van der Waals surface area contributed by atoms with Crippen LogP contribution >= 0.6 is 46.6 Å². The molecule has 0 amide bonds. The van der Waals surface area contributed by atoms with Crippen LogP contribution in [0.25, 0.3) is 11.1 Å². The second kappa shape index (κ2) is 5.80. The summed E-state index contributed by atoms with van der Waals surface area (Å²) in [4.78, 5) is 0. The molecule has 0 spiro atoms. The minimum absolute atomic E-state index is 0. The number of nitrogens with two attached hydrogens (primary N) is 2. The molecule has 0 radical (unpaired) electrons. The molecule has 90 valence electrons. The highest BCUT2D eigenvalue weighted by Gasteiger charge is 2.06. The van der Waals surface area contributed by atoms with Gasteiger partial charge in [-0.3, -0.25) is 0 Å². The molecule has 4 N–H and O–H groups in total. The molecule has 0 aliphatic rings. The minimum Gasteiger partial charge on any atom is -0.399 e. The highest BCUT2D eigenvalue weighted by molar-refractivity contribution is 14.1. The van der Waals surface area contributed by atoms with Crippen molar-refractivity contribution in [1.82, 2.24) is 0 Å². The monoisotopic (exact) mass is 380 g/mol. The van der Waals surface area contributed by atoms with Gasteiger partial charge in [0.1, 0.15) is 0 Å². The fourth-order valence-electron chi connectivity index (χ4n) is 1.45. The smallest absolute Gasteiger partial charge is 0.0505 e. The second-order valence-corrected chi connectivity index (χ2v) is 5.04. The maximum Gasteiger partial charge on any atom is 0.0505 e. The summed E-state index contributed by atoms with van der Waals surface area (Å²) < 4.78 is 0.994. The van der Waals surface area contributed by atoms with E-state index in [2.05, 4.69) is 22.6 Å². The lowest BCUT2D eigenvalue weighted by Gasteiger charge is -2.07. The number of anilines is 2. The van der Waals surface area contributed by atoms with Crippen LogP contribution in [0.15, 0.2) is 36.4 Å². The standard InChI is InChI=1S/C12H10ClIN2.ClH/c13-10-6-12(16)11(14)5-9(10)7-1-3-8(15)4-2-7;/h1-6H,15-16H2;1H. The molecular formula is C12H11Cl2IN2. The number of hydrogen-bond donors (Lipinski definition) is 2. The van der Waals surface area contributed by atoms with Crippen molar-refractivity contribution in [1.29, 1.82) is 0 Å². The highest BCUT2D eigenvalue weighted by atomic mass is 127. The van der Waals surface area contributed by atoms with E-state index in [9.17, 15) is 0 Å². The number of halogens is 3. The van der Waals surface area contributed by atoms with Crippen molar-refractivity contribution in [3.8, 4) is 11.1 Å². The van der Waals surface area contributed by atoms with E-state index in [1.54, 1.807) is 6.07 Å². The summed E-state index contributed by atoms with van der Waals surface area (Å²) in [7, 11) is 0. The Kier molecular flexibility index (Phi) is 4.91. The molecule has 0 heterocycles. The van der Waals surface area contributed by atoms with Gasteiger partial charge in [-0.15, -0.1) is 12.4 Å². The van der Waals surface area contributed by atoms with Gasteiger partial charge < -0.3 is 11.5 Å². The summed E-state index contributed by atoms with van der Waals surface area (Å²) in [5.74, 6) is 0. The van der Waals surface area contributed by atoms with E-state index >= 15 is 0 Å². The van der Waals surface area contributed by atoms with Crippen LogP contribution in [0.2, 0.25) is 5.02 Å². The molecule has 2 aromatic carbocycles. The summed E-state index contributed by atoms with van der Waals surface area (Å²) in [6.45, 7) is 0. The second-order valence-electron chi connectivity index (χ2n) is 3.48. The summed E-state index contributed by atoms with van der Waals surface area (Å²) in [5.41, 5.74) is 14.9. The Hall–Kier alpha value is -0.650. The third kappa shape index (κ3) is 3.18. The Balaban J connectivity index is 0.00000144. The van der Waals surface area contributed by atoms with E-state index in [1.807, 2.05) is 30.3 Å². The summed E-state index contributed by atoms with van der Waals surface area (Å²) in [6, 6.07) is 11.4. The molecule has 0 saturated carbocycles. The van der Waals surface area contributed by atoms with E-state index in [4.69, 9.17) is 23.1 Å². The number of benzene rings is 2. The zero-order valence-corrected chi connectivity index (χ0v) is 12.5. The summed E-state index contributed by atoms with van der Waals surface area (Å²) >= 11 is 8.35. The molecule has 2 nitrogen and oxygen atoms in total. The van der Waals surface area contributed by atoms with Crippen LogP contribution < -0.4 is 11.5 Å². The molecule has 17 heavy (non-hydrogen) atoms. The molecular weight excluding hydrogens is 370 g/mol. The third-order valence-corrected chi connectivity index (χ3v) is 3.55. The topological polar surface area (TPSA) is 52.0 Å². The van der Waals surface area contributed by atoms with Crippen LogP contribution in [0.5, 0.6) is 0 Å². The first-order valence-corrected chi connectivity index (χ1v) is 6.14. The third-order valence-electron chi connectivity index (χ3n) is 2.31. The molecule has 2 rings (SSSR count). The minimum atomic E-state index is 0. The van der Waals surface area contributed by atoms with Crippen LogP contribution in [0, 0.1) is 3.57 Å². The fourth-order valence-corrected chi connectivity index (χ4v) is 2.19. The Morgan fingerprint density at radius 1 is 1.00 bits per heavy atom. The number of rotatable bonds is 1. The van der Waals surface area contributed by atoms with Crippen molar-refractivity contribution in [2.75, 3.05) is 11.5 Å².